The molecule has 0 saturated carbocycles. The number of imidazole rings is 2. The molecule has 2 unspecified atom stereocenters. The fourth-order valence-electron chi connectivity index (χ4n) is 6.63. The van der Waals surface area contributed by atoms with Crippen molar-refractivity contribution in [2.24, 2.45) is 11.8 Å². The van der Waals surface area contributed by atoms with Gasteiger partial charge in [0.05, 0.1) is 49.8 Å². The van der Waals surface area contributed by atoms with Crippen LogP contribution in [0.1, 0.15) is 37.1 Å². The number of hydrogen-bond acceptors (Lipinski definition) is 14. The van der Waals surface area contributed by atoms with Gasteiger partial charge in [-0.05, 0) is 44.4 Å². The largest absolute Gasteiger partial charge is 0.434 e. The molecule has 5 N–H and O–H groups in total. The fraction of sp³-hybridized carbons (Fsp3) is 0.421. The Hall–Kier alpha value is -6.11. The molecular formula is C38H41ClF6N14O4. The van der Waals surface area contributed by atoms with Crippen molar-refractivity contribution in [3.05, 3.63) is 78.2 Å². The van der Waals surface area contributed by atoms with Crippen molar-refractivity contribution in [3.8, 4) is 23.0 Å². The predicted molar refractivity (Wildman–Crippen MR) is 214 cm³/mol. The number of fused-ring (bicyclic) bond motifs is 2. The lowest BCUT2D eigenvalue weighted by Gasteiger charge is -2.32. The summed E-state index contributed by atoms with van der Waals surface area (Å²) in [7, 11) is 0. The second-order valence-electron chi connectivity index (χ2n) is 14.1. The van der Waals surface area contributed by atoms with Gasteiger partial charge in [0.25, 0.3) is 0 Å². The van der Waals surface area contributed by atoms with Gasteiger partial charge in [-0.3, -0.25) is 18.4 Å². The standard InChI is InChI=1S/C19H20F3N7O2.C11H5ClF3N5.C8H16N2O2/c20-19(21,22)14-11-29-13(8-26-16(29)9-25-14)17-23-4-3-15(27-17)28-6-1-2-12(10-28)18(31)24-5-7-30;12-8-1-2-16-10(19-8)6-3-18-9-4-17-7(5-20(6)9)11(13,14)15;11-5-4-10-8(12)7-2-1-3-9-6-7/h3-4,8-9,11-12,30H,1-2,5-7,10H2,(H,24,31);1-5H;7,9,11H,1-6H2,(H,10,12). The van der Waals surface area contributed by atoms with Crippen LogP contribution in [0.5, 0.6) is 0 Å². The van der Waals surface area contributed by atoms with Crippen molar-refractivity contribution in [1.29, 1.82) is 0 Å². The first-order valence-corrected chi connectivity index (χ1v) is 19.9. The number of aliphatic hydroxyl groups excluding tert-OH is 2. The van der Waals surface area contributed by atoms with Crippen molar-refractivity contribution in [3.63, 3.8) is 0 Å². The van der Waals surface area contributed by atoms with E-state index in [2.05, 4.69) is 55.8 Å². The Morgan fingerprint density at radius 1 is 0.730 bits per heavy atom. The minimum Gasteiger partial charge on any atom is -0.395 e. The van der Waals surface area contributed by atoms with E-state index in [1.807, 2.05) is 4.90 Å². The number of aliphatic hydroxyl groups is 2. The maximum atomic E-state index is 13.1. The molecular weight excluding hydrogens is 866 g/mol. The van der Waals surface area contributed by atoms with Crippen LogP contribution in [-0.4, -0.2) is 123 Å². The van der Waals surface area contributed by atoms with Crippen LogP contribution in [0.3, 0.4) is 0 Å². The van der Waals surface area contributed by atoms with Gasteiger partial charge in [-0.25, -0.2) is 39.9 Å². The Balaban J connectivity index is 0.000000176. The van der Waals surface area contributed by atoms with Gasteiger partial charge in [-0.2, -0.15) is 26.3 Å². The van der Waals surface area contributed by atoms with E-state index in [1.54, 1.807) is 6.07 Å². The summed E-state index contributed by atoms with van der Waals surface area (Å²) in [6.07, 6.45) is 3.93. The van der Waals surface area contributed by atoms with E-state index in [-0.39, 0.29) is 71.5 Å². The number of nitrogens with zero attached hydrogens (tertiary/aromatic N) is 11. The maximum absolute atomic E-state index is 13.1. The molecule has 0 bridgehead atoms. The van der Waals surface area contributed by atoms with E-state index in [1.165, 1.54) is 39.7 Å². The summed E-state index contributed by atoms with van der Waals surface area (Å²) in [4.78, 5) is 56.9. The highest BCUT2D eigenvalue weighted by atomic mass is 35.5. The fourth-order valence-corrected chi connectivity index (χ4v) is 6.77. The first-order chi connectivity index (χ1) is 30.2. The number of nitrogens with one attached hydrogen (secondary N) is 3. The quantitative estimate of drug-likeness (QED) is 0.104. The molecule has 336 valence electrons. The van der Waals surface area contributed by atoms with Crippen LogP contribution in [0, 0.1) is 11.8 Å². The zero-order chi connectivity index (χ0) is 45.1. The minimum atomic E-state index is -4.59. The number of halogens is 7. The van der Waals surface area contributed by atoms with Crippen molar-refractivity contribution in [2.45, 2.75) is 38.0 Å². The molecule has 6 aromatic heterocycles. The monoisotopic (exact) mass is 906 g/mol. The average molecular weight is 907 g/mol. The first kappa shape index (κ1) is 46.4. The lowest BCUT2D eigenvalue weighted by molar-refractivity contribution is -0.142. The summed E-state index contributed by atoms with van der Waals surface area (Å²) in [5.74, 6) is 0.781. The van der Waals surface area contributed by atoms with E-state index in [0.717, 1.165) is 63.6 Å². The SMILES string of the molecule is FC(F)(F)c1cn2c(-c3nccc(Cl)n3)cnc2cn1.O=C(NCCO)C1CCCN(c2ccnc(-c3cnc4cnc(C(F)(F)F)cn34)n2)C1.O=C(NCCO)C1CCCNC1. The number of amides is 2. The van der Waals surface area contributed by atoms with Gasteiger partial charge in [0.15, 0.2) is 34.3 Å². The van der Waals surface area contributed by atoms with Gasteiger partial charge >= 0.3 is 12.4 Å². The molecule has 0 aliphatic carbocycles. The molecule has 2 fully saturated rings. The molecule has 6 aromatic rings. The third kappa shape index (κ3) is 12.1. The second-order valence-corrected chi connectivity index (χ2v) is 14.5. The molecule has 2 atom stereocenters. The highest BCUT2D eigenvalue weighted by Crippen LogP contribution is 2.30. The highest BCUT2D eigenvalue weighted by Gasteiger charge is 2.34. The molecule has 8 heterocycles. The average Bonchev–Trinajstić information content (AvgIpc) is 3.92. The van der Waals surface area contributed by atoms with Crippen LogP contribution in [0.25, 0.3) is 34.3 Å². The molecule has 18 nitrogen and oxygen atoms in total. The second kappa shape index (κ2) is 20.8. The van der Waals surface area contributed by atoms with Crippen LogP contribution in [0.15, 0.2) is 61.7 Å². The van der Waals surface area contributed by atoms with E-state index < -0.39 is 23.7 Å². The first-order valence-electron chi connectivity index (χ1n) is 19.5. The maximum Gasteiger partial charge on any atom is 0.434 e. The van der Waals surface area contributed by atoms with Crippen molar-refractivity contribution in [1.82, 2.24) is 64.6 Å². The molecule has 2 aliphatic heterocycles. The van der Waals surface area contributed by atoms with E-state index in [4.69, 9.17) is 21.8 Å². The highest BCUT2D eigenvalue weighted by molar-refractivity contribution is 6.29. The molecule has 2 saturated heterocycles. The van der Waals surface area contributed by atoms with E-state index >= 15 is 0 Å². The van der Waals surface area contributed by atoms with Gasteiger partial charge < -0.3 is 31.1 Å². The van der Waals surface area contributed by atoms with Gasteiger partial charge in [-0.15, -0.1) is 0 Å². The van der Waals surface area contributed by atoms with Crippen LogP contribution in [0.4, 0.5) is 32.2 Å². The number of alkyl halides is 6. The topological polar surface area (TPSA) is 226 Å². The number of piperidine rings is 2. The molecule has 2 aliphatic rings. The third-order valence-electron chi connectivity index (χ3n) is 9.70. The number of carbonyl (C=O) groups excluding carboxylic acids is 2. The van der Waals surface area contributed by atoms with Gasteiger partial charge in [-0.1, -0.05) is 11.6 Å². The normalized spacial score (nSPS) is 16.7. The Kier molecular flexibility index (Phi) is 15.3. The predicted octanol–water partition coefficient (Wildman–Crippen LogP) is 3.48. The summed E-state index contributed by atoms with van der Waals surface area (Å²) in [6.45, 7) is 3.40. The minimum absolute atomic E-state index is 0.0197. The number of aromatic nitrogens is 10. The van der Waals surface area contributed by atoms with E-state index in [0.29, 0.717) is 36.8 Å². The Morgan fingerprint density at radius 2 is 1.27 bits per heavy atom. The molecule has 0 radical (unpaired) electrons. The third-order valence-corrected chi connectivity index (χ3v) is 9.91. The molecule has 0 aromatic carbocycles. The van der Waals surface area contributed by atoms with Crippen molar-refractivity contribution < 1.29 is 46.1 Å². The zero-order valence-electron chi connectivity index (χ0n) is 33.2. The molecule has 0 spiro atoms. The summed E-state index contributed by atoms with van der Waals surface area (Å²) in [5, 5.41) is 26.1. The Morgan fingerprint density at radius 3 is 1.79 bits per heavy atom. The van der Waals surface area contributed by atoms with Crippen LogP contribution >= 0.6 is 11.6 Å². The number of rotatable bonds is 9. The van der Waals surface area contributed by atoms with Gasteiger partial charge in [0.2, 0.25) is 11.8 Å². The number of hydrogen-bond donors (Lipinski definition) is 5. The molecule has 25 heteroatoms. The van der Waals surface area contributed by atoms with Gasteiger partial charge in [0.1, 0.15) is 22.4 Å². The number of anilines is 1. The van der Waals surface area contributed by atoms with E-state index in [9.17, 15) is 35.9 Å². The summed E-state index contributed by atoms with van der Waals surface area (Å²) in [6, 6.07) is 3.17. The Labute approximate surface area is 359 Å². The van der Waals surface area contributed by atoms with Crippen molar-refractivity contribution in [2.75, 3.05) is 57.4 Å². The number of carbonyl (C=O) groups is 2. The zero-order valence-corrected chi connectivity index (χ0v) is 33.9. The lowest BCUT2D eigenvalue weighted by atomic mass is 9.97. The summed E-state index contributed by atoms with van der Waals surface area (Å²) in [5.41, 5.74) is -0.948. The Bertz CT molecular complexity index is 2480. The molecule has 63 heavy (non-hydrogen) atoms. The molecule has 8 rings (SSSR count). The summed E-state index contributed by atoms with van der Waals surface area (Å²) < 4.78 is 79.7. The van der Waals surface area contributed by atoms with Crippen LogP contribution in [0.2, 0.25) is 5.15 Å². The van der Waals surface area contributed by atoms with Gasteiger partial charge in [0, 0.05) is 57.5 Å². The van der Waals surface area contributed by atoms with Crippen LogP contribution < -0.4 is 20.9 Å². The van der Waals surface area contributed by atoms with Crippen LogP contribution in [-0.2, 0) is 21.9 Å². The molecule has 2 amide bonds. The lowest BCUT2D eigenvalue weighted by Crippen LogP contribution is -2.44. The smallest absolute Gasteiger partial charge is 0.395 e. The summed E-state index contributed by atoms with van der Waals surface area (Å²) >= 11 is 5.74. The van der Waals surface area contributed by atoms with Crippen molar-refractivity contribution >= 4 is 40.5 Å².